The minimum Gasteiger partial charge on any atom is -0.369 e. The van der Waals surface area contributed by atoms with Crippen LogP contribution in [0, 0.1) is 11.3 Å². The zero-order chi connectivity index (χ0) is 27.0. The lowest BCUT2D eigenvalue weighted by molar-refractivity contribution is 0.304. The molecular formula is C33H37N5S. The first kappa shape index (κ1) is 26.9. The summed E-state index contributed by atoms with van der Waals surface area (Å²) < 4.78 is 0. The normalized spacial score (nSPS) is 19.2. The summed E-state index contributed by atoms with van der Waals surface area (Å²) in [6, 6.07) is 18.8. The highest BCUT2D eigenvalue weighted by Gasteiger charge is 2.25. The van der Waals surface area contributed by atoms with Crippen molar-refractivity contribution in [3.63, 3.8) is 0 Å². The van der Waals surface area contributed by atoms with E-state index in [4.69, 9.17) is 0 Å². The van der Waals surface area contributed by atoms with Gasteiger partial charge >= 0.3 is 0 Å². The van der Waals surface area contributed by atoms with Gasteiger partial charge in [0.2, 0.25) is 0 Å². The van der Waals surface area contributed by atoms with E-state index in [1.54, 1.807) is 0 Å². The lowest BCUT2D eigenvalue weighted by Gasteiger charge is -2.32. The Kier molecular flexibility index (Phi) is 8.93. The van der Waals surface area contributed by atoms with Crippen molar-refractivity contribution in [1.29, 1.82) is 5.26 Å². The number of aromatic nitrogens is 1. The van der Waals surface area contributed by atoms with Crippen LogP contribution >= 0.6 is 11.3 Å². The lowest BCUT2D eigenvalue weighted by Crippen LogP contribution is -2.42. The molecule has 0 amide bonds. The predicted molar refractivity (Wildman–Crippen MR) is 161 cm³/mol. The standard InChI is InChI=1S/C31H31N5S.C2H6/c32-20-23-8-10-24(11-9-23)30-19-26-17-25-18-28(35-15-13-33-14-16-35)6-1-2-7-29(25)36(22-31(26)37-30)21-27-5-3-4-12-34-27;1-2/h1,3-6,8-12,18-19,33H,2,7,13-17,21-22H2;1-2H3/b6-1-,28-18+;. The van der Waals surface area contributed by atoms with Crippen molar-refractivity contribution in [3.8, 4) is 16.5 Å². The van der Waals surface area contributed by atoms with E-state index < -0.39 is 0 Å². The maximum absolute atomic E-state index is 9.20. The van der Waals surface area contributed by atoms with E-state index >= 15 is 0 Å². The van der Waals surface area contributed by atoms with Crippen LogP contribution in [0.4, 0.5) is 0 Å². The van der Waals surface area contributed by atoms with E-state index in [9.17, 15) is 5.26 Å². The van der Waals surface area contributed by atoms with Crippen LogP contribution in [0.5, 0.6) is 0 Å². The van der Waals surface area contributed by atoms with Gasteiger partial charge < -0.3 is 15.1 Å². The highest BCUT2D eigenvalue weighted by molar-refractivity contribution is 7.15. The molecule has 1 aliphatic carbocycles. The molecule has 5 nitrogen and oxygen atoms in total. The van der Waals surface area contributed by atoms with Gasteiger partial charge in [0.15, 0.2) is 0 Å². The predicted octanol–water partition coefficient (Wildman–Crippen LogP) is 6.66. The molecule has 1 N–H and O–H groups in total. The molecule has 2 aliphatic heterocycles. The summed E-state index contributed by atoms with van der Waals surface area (Å²) in [5, 5.41) is 12.7. The number of thiophene rings is 1. The number of rotatable bonds is 4. The number of pyridine rings is 1. The van der Waals surface area contributed by atoms with E-state index in [1.807, 2.05) is 49.6 Å². The monoisotopic (exact) mass is 535 g/mol. The van der Waals surface area contributed by atoms with Crippen molar-refractivity contribution < 1.29 is 0 Å². The number of fused-ring (bicyclic) bond motifs is 1. The molecule has 6 heteroatoms. The fourth-order valence-electron chi connectivity index (χ4n) is 5.44. The molecule has 0 saturated carbocycles. The van der Waals surface area contributed by atoms with Crippen LogP contribution in [0.1, 0.15) is 48.4 Å². The summed E-state index contributed by atoms with van der Waals surface area (Å²) in [6.45, 7) is 9.86. The molecule has 3 aliphatic rings. The molecule has 0 atom stereocenters. The van der Waals surface area contributed by atoms with Gasteiger partial charge in [-0.3, -0.25) is 4.98 Å². The van der Waals surface area contributed by atoms with Crippen LogP contribution in [0.2, 0.25) is 0 Å². The molecule has 0 unspecified atom stereocenters. The quantitative estimate of drug-likeness (QED) is 0.405. The van der Waals surface area contributed by atoms with Gasteiger partial charge in [-0.1, -0.05) is 38.1 Å². The molecule has 1 fully saturated rings. The second-order valence-electron chi connectivity index (χ2n) is 9.82. The Hall–Kier alpha value is -3.66. The van der Waals surface area contributed by atoms with Gasteiger partial charge in [-0.15, -0.1) is 11.3 Å². The largest absolute Gasteiger partial charge is 0.369 e. The summed E-state index contributed by atoms with van der Waals surface area (Å²) in [7, 11) is 0. The van der Waals surface area contributed by atoms with Crippen LogP contribution in [0.15, 0.2) is 89.9 Å². The van der Waals surface area contributed by atoms with Crippen LogP contribution in [-0.4, -0.2) is 41.0 Å². The average Bonchev–Trinajstić information content (AvgIpc) is 3.33. The Morgan fingerprint density at radius 2 is 1.90 bits per heavy atom. The third kappa shape index (κ3) is 6.33. The van der Waals surface area contributed by atoms with Crippen LogP contribution < -0.4 is 5.32 Å². The molecule has 4 heterocycles. The SMILES string of the molecule is CC.N#Cc1ccc(-c2cc3c(s2)CN(Cc2ccccn2)C2=C(/C=C(N4CCNCC4)\C=C/CC2)C3)cc1. The maximum Gasteiger partial charge on any atom is 0.0991 e. The fourth-order valence-corrected chi connectivity index (χ4v) is 6.65. The van der Waals surface area contributed by atoms with Crippen molar-refractivity contribution >= 4 is 11.3 Å². The van der Waals surface area contributed by atoms with Gasteiger partial charge in [0, 0.05) is 59.9 Å². The van der Waals surface area contributed by atoms with Crippen LogP contribution in [0.25, 0.3) is 10.4 Å². The number of nitrogens with one attached hydrogen (secondary N) is 1. The molecule has 6 rings (SSSR count). The number of hydrogen-bond acceptors (Lipinski definition) is 6. The van der Waals surface area contributed by atoms with Gasteiger partial charge in [-0.2, -0.15) is 5.26 Å². The zero-order valence-electron chi connectivity index (χ0n) is 23.0. The lowest BCUT2D eigenvalue weighted by atomic mass is 9.98. The van der Waals surface area contributed by atoms with Crippen molar-refractivity contribution in [1.82, 2.24) is 20.1 Å². The topological polar surface area (TPSA) is 55.2 Å². The zero-order valence-corrected chi connectivity index (χ0v) is 23.8. The summed E-state index contributed by atoms with van der Waals surface area (Å²) in [4.78, 5) is 12.4. The van der Waals surface area contributed by atoms with E-state index in [0.29, 0.717) is 5.56 Å². The number of nitrogens with zero attached hydrogens (tertiary/aromatic N) is 4. The molecule has 0 bridgehead atoms. The smallest absolute Gasteiger partial charge is 0.0991 e. The summed E-state index contributed by atoms with van der Waals surface area (Å²) in [6.07, 6.45) is 12.1. The van der Waals surface area contributed by atoms with Gasteiger partial charge in [0.05, 0.1) is 30.4 Å². The van der Waals surface area contributed by atoms with E-state index in [2.05, 4.69) is 74.7 Å². The highest BCUT2D eigenvalue weighted by Crippen LogP contribution is 2.39. The highest BCUT2D eigenvalue weighted by atomic mass is 32.1. The Labute approximate surface area is 236 Å². The second kappa shape index (κ2) is 12.9. The minimum atomic E-state index is 0.700. The molecule has 2 aromatic heterocycles. The second-order valence-corrected chi connectivity index (χ2v) is 11.0. The molecule has 39 heavy (non-hydrogen) atoms. The Morgan fingerprint density at radius 1 is 1.08 bits per heavy atom. The molecule has 1 saturated heterocycles. The molecule has 3 aromatic rings. The van der Waals surface area contributed by atoms with Gasteiger partial charge in [0.1, 0.15) is 0 Å². The molecule has 200 valence electrons. The van der Waals surface area contributed by atoms with Gasteiger partial charge in [-0.25, -0.2) is 0 Å². The first-order valence-electron chi connectivity index (χ1n) is 14.1. The molecule has 0 spiro atoms. The van der Waals surface area contributed by atoms with Crippen molar-refractivity contribution in [2.45, 2.75) is 46.2 Å². The molecular weight excluding hydrogens is 498 g/mol. The van der Waals surface area contributed by atoms with E-state index in [-0.39, 0.29) is 0 Å². The summed E-state index contributed by atoms with van der Waals surface area (Å²) in [5.74, 6) is 0. The number of piperazine rings is 1. The van der Waals surface area contributed by atoms with Crippen LogP contribution in [0.3, 0.4) is 0 Å². The number of hydrogen-bond donors (Lipinski definition) is 1. The maximum atomic E-state index is 9.20. The van der Waals surface area contributed by atoms with Crippen molar-refractivity contribution in [2.75, 3.05) is 26.2 Å². The average molecular weight is 536 g/mol. The number of allylic oxidation sites excluding steroid dienone is 5. The number of benzene rings is 1. The molecule has 0 radical (unpaired) electrons. The Bertz CT molecular complexity index is 1390. The van der Waals surface area contributed by atoms with Gasteiger partial charge in [-0.05, 0) is 72.0 Å². The van der Waals surface area contributed by atoms with Crippen molar-refractivity contribution in [3.05, 3.63) is 112 Å². The van der Waals surface area contributed by atoms with E-state index in [1.165, 1.54) is 37.8 Å². The third-order valence-electron chi connectivity index (χ3n) is 7.38. The Balaban J connectivity index is 0.00000151. The summed E-state index contributed by atoms with van der Waals surface area (Å²) >= 11 is 1.89. The van der Waals surface area contributed by atoms with Gasteiger partial charge in [0.25, 0.3) is 0 Å². The van der Waals surface area contributed by atoms with E-state index in [0.717, 1.165) is 64.2 Å². The van der Waals surface area contributed by atoms with Crippen LogP contribution in [-0.2, 0) is 19.5 Å². The first-order chi connectivity index (χ1) is 19.3. The number of nitriles is 1. The Morgan fingerprint density at radius 3 is 2.64 bits per heavy atom. The van der Waals surface area contributed by atoms with Crippen molar-refractivity contribution in [2.24, 2.45) is 0 Å². The fraction of sp³-hybridized carbons (Fsp3) is 0.333. The summed E-state index contributed by atoms with van der Waals surface area (Å²) in [5.41, 5.74) is 8.61. The minimum absolute atomic E-state index is 0.700. The molecule has 1 aromatic carbocycles. The third-order valence-corrected chi connectivity index (χ3v) is 8.59. The first-order valence-corrected chi connectivity index (χ1v) is 14.9.